The molecule has 0 unspecified atom stereocenters. The van der Waals surface area contributed by atoms with Crippen molar-refractivity contribution < 1.29 is 9.13 Å². The molecule has 0 saturated heterocycles. The molecule has 6 nitrogen and oxygen atoms in total. The smallest absolute Gasteiger partial charge is 0.228 e. The second-order valence-corrected chi connectivity index (χ2v) is 5.67. The van der Waals surface area contributed by atoms with Crippen LogP contribution in [0.25, 0.3) is 0 Å². The molecule has 130 valence electrons. The largest absolute Gasteiger partial charge is 0.494 e. The van der Waals surface area contributed by atoms with Gasteiger partial charge in [-0.2, -0.15) is 15.0 Å². The van der Waals surface area contributed by atoms with E-state index in [1.54, 1.807) is 0 Å². The standard InChI is InChI=1S/C17H24FN5O/c1-4-13-5-7-14(8-6-13)24-10-9-11(2)20-17-22-15(12(3)18)21-16(19)23-17/h5-8,11-12H,4,9-10H2,1-3H3,(H3,19,20,21,22,23)/t11-,12+/m0/s1. The molecule has 0 aliphatic rings. The summed E-state index contributed by atoms with van der Waals surface area (Å²) in [6.45, 7) is 6.00. The van der Waals surface area contributed by atoms with Gasteiger partial charge in [-0.05, 0) is 38.0 Å². The summed E-state index contributed by atoms with van der Waals surface area (Å²) in [6, 6.07) is 8.11. The number of aryl methyl sites for hydroxylation is 1. The lowest BCUT2D eigenvalue weighted by molar-refractivity contribution is 0.304. The Kier molecular flexibility index (Phi) is 6.28. The summed E-state index contributed by atoms with van der Waals surface area (Å²) >= 11 is 0. The molecule has 1 heterocycles. The van der Waals surface area contributed by atoms with E-state index in [0.717, 1.165) is 18.6 Å². The predicted octanol–water partition coefficient (Wildman–Crippen LogP) is 3.32. The summed E-state index contributed by atoms with van der Waals surface area (Å²) in [5.74, 6) is 1.16. The quantitative estimate of drug-likeness (QED) is 0.771. The molecule has 0 radical (unpaired) electrons. The monoisotopic (exact) mass is 333 g/mol. The van der Waals surface area contributed by atoms with E-state index in [4.69, 9.17) is 10.5 Å². The van der Waals surface area contributed by atoms with E-state index < -0.39 is 6.17 Å². The Balaban J connectivity index is 1.83. The second kappa shape index (κ2) is 8.42. The lowest BCUT2D eigenvalue weighted by atomic mass is 10.2. The first-order chi connectivity index (χ1) is 11.5. The Morgan fingerprint density at radius 3 is 2.50 bits per heavy atom. The molecule has 1 aromatic heterocycles. The number of nitrogens with one attached hydrogen (secondary N) is 1. The summed E-state index contributed by atoms with van der Waals surface area (Å²) < 4.78 is 19.0. The first kappa shape index (κ1) is 17.9. The number of nitrogens with zero attached hydrogens (tertiary/aromatic N) is 3. The summed E-state index contributed by atoms with van der Waals surface area (Å²) in [4.78, 5) is 11.8. The van der Waals surface area contributed by atoms with Crippen molar-refractivity contribution in [3.05, 3.63) is 35.7 Å². The molecule has 0 spiro atoms. The van der Waals surface area contributed by atoms with Crippen molar-refractivity contribution >= 4 is 11.9 Å². The lowest BCUT2D eigenvalue weighted by Crippen LogP contribution is -2.21. The molecule has 0 fully saturated rings. The number of halogens is 1. The second-order valence-electron chi connectivity index (χ2n) is 5.67. The van der Waals surface area contributed by atoms with Crippen molar-refractivity contribution in [2.75, 3.05) is 17.7 Å². The summed E-state index contributed by atoms with van der Waals surface area (Å²) in [7, 11) is 0. The normalized spacial score (nSPS) is 13.3. The molecule has 1 aromatic carbocycles. The number of alkyl halides is 1. The van der Waals surface area contributed by atoms with Crippen LogP contribution in [0.2, 0.25) is 0 Å². The molecule has 0 aliphatic carbocycles. The van der Waals surface area contributed by atoms with Gasteiger partial charge in [0.15, 0.2) is 12.0 Å². The van der Waals surface area contributed by atoms with Crippen molar-refractivity contribution in [2.24, 2.45) is 0 Å². The highest BCUT2D eigenvalue weighted by Crippen LogP contribution is 2.15. The van der Waals surface area contributed by atoms with Crippen LogP contribution in [-0.2, 0) is 6.42 Å². The van der Waals surface area contributed by atoms with Crippen LogP contribution in [0, 0.1) is 0 Å². The fraction of sp³-hybridized carbons (Fsp3) is 0.471. The molecule has 3 N–H and O–H groups in total. The number of benzene rings is 1. The van der Waals surface area contributed by atoms with Gasteiger partial charge in [-0.3, -0.25) is 0 Å². The third-order valence-corrected chi connectivity index (χ3v) is 3.55. The topological polar surface area (TPSA) is 86.0 Å². The maximum Gasteiger partial charge on any atom is 0.228 e. The molecule has 24 heavy (non-hydrogen) atoms. The van der Waals surface area contributed by atoms with E-state index in [1.165, 1.54) is 12.5 Å². The van der Waals surface area contributed by atoms with Gasteiger partial charge in [-0.15, -0.1) is 0 Å². The van der Waals surface area contributed by atoms with E-state index in [1.807, 2.05) is 19.1 Å². The Morgan fingerprint density at radius 1 is 1.17 bits per heavy atom. The average Bonchev–Trinajstić information content (AvgIpc) is 2.55. The summed E-state index contributed by atoms with van der Waals surface area (Å²) in [5, 5.41) is 3.09. The molecule has 7 heteroatoms. The Bertz CT molecular complexity index is 648. The average molecular weight is 333 g/mol. The maximum atomic E-state index is 13.3. The number of nitrogens with two attached hydrogens (primary N) is 1. The number of ether oxygens (including phenoxy) is 1. The Labute approximate surface area is 141 Å². The highest BCUT2D eigenvalue weighted by molar-refractivity contribution is 5.32. The van der Waals surface area contributed by atoms with Gasteiger partial charge in [0.2, 0.25) is 11.9 Å². The van der Waals surface area contributed by atoms with E-state index in [-0.39, 0.29) is 23.8 Å². The highest BCUT2D eigenvalue weighted by atomic mass is 19.1. The van der Waals surface area contributed by atoms with Gasteiger partial charge in [0.05, 0.1) is 6.61 Å². The predicted molar refractivity (Wildman–Crippen MR) is 92.8 cm³/mol. The lowest BCUT2D eigenvalue weighted by Gasteiger charge is -2.15. The number of nitrogen functional groups attached to an aromatic ring is 1. The molecular weight excluding hydrogens is 309 g/mol. The summed E-state index contributed by atoms with van der Waals surface area (Å²) in [6.07, 6.45) is 0.456. The van der Waals surface area contributed by atoms with Gasteiger partial charge in [0, 0.05) is 12.5 Å². The fourth-order valence-electron chi connectivity index (χ4n) is 2.12. The van der Waals surface area contributed by atoms with Crippen molar-refractivity contribution in [1.82, 2.24) is 15.0 Å². The zero-order valence-electron chi connectivity index (χ0n) is 14.3. The van der Waals surface area contributed by atoms with Crippen molar-refractivity contribution in [3.8, 4) is 5.75 Å². The van der Waals surface area contributed by atoms with Crippen LogP contribution in [0.15, 0.2) is 24.3 Å². The van der Waals surface area contributed by atoms with Gasteiger partial charge in [0.25, 0.3) is 0 Å². The van der Waals surface area contributed by atoms with Crippen LogP contribution >= 0.6 is 0 Å². The minimum absolute atomic E-state index is 0.00599. The summed E-state index contributed by atoms with van der Waals surface area (Å²) in [5.41, 5.74) is 6.86. The van der Waals surface area contributed by atoms with E-state index in [0.29, 0.717) is 6.61 Å². The van der Waals surface area contributed by atoms with E-state index >= 15 is 0 Å². The molecule has 2 rings (SSSR count). The minimum Gasteiger partial charge on any atom is -0.494 e. The molecule has 2 atom stereocenters. The number of hydrogen-bond acceptors (Lipinski definition) is 6. The molecular formula is C17H24FN5O. The van der Waals surface area contributed by atoms with Gasteiger partial charge in [-0.1, -0.05) is 19.1 Å². The van der Waals surface area contributed by atoms with Gasteiger partial charge >= 0.3 is 0 Å². The Hall–Kier alpha value is -2.44. The van der Waals surface area contributed by atoms with Gasteiger partial charge in [0.1, 0.15) is 5.75 Å². The van der Waals surface area contributed by atoms with Gasteiger partial charge < -0.3 is 15.8 Å². The fourth-order valence-corrected chi connectivity index (χ4v) is 2.12. The van der Waals surface area contributed by atoms with Crippen molar-refractivity contribution in [1.29, 1.82) is 0 Å². The zero-order valence-corrected chi connectivity index (χ0v) is 14.3. The van der Waals surface area contributed by atoms with E-state index in [2.05, 4.69) is 39.3 Å². The van der Waals surface area contributed by atoms with Gasteiger partial charge in [-0.25, -0.2) is 4.39 Å². The molecule has 2 aromatic rings. The molecule has 0 bridgehead atoms. The molecule has 0 aliphatic heterocycles. The number of rotatable bonds is 8. The van der Waals surface area contributed by atoms with Crippen LogP contribution in [0.5, 0.6) is 5.75 Å². The molecule has 0 amide bonds. The zero-order chi connectivity index (χ0) is 17.5. The third-order valence-electron chi connectivity index (χ3n) is 3.55. The molecule has 0 saturated carbocycles. The number of hydrogen-bond donors (Lipinski definition) is 2. The van der Waals surface area contributed by atoms with Crippen molar-refractivity contribution in [2.45, 2.75) is 45.8 Å². The SMILES string of the molecule is CCc1ccc(OCC[C@H](C)Nc2nc(N)nc([C@@H](C)F)n2)cc1. The maximum absolute atomic E-state index is 13.3. The van der Waals surface area contributed by atoms with Crippen LogP contribution in [0.3, 0.4) is 0 Å². The van der Waals surface area contributed by atoms with Crippen LogP contribution < -0.4 is 15.8 Å². The van der Waals surface area contributed by atoms with Crippen molar-refractivity contribution in [3.63, 3.8) is 0 Å². The first-order valence-corrected chi connectivity index (χ1v) is 8.11. The van der Waals surface area contributed by atoms with E-state index in [9.17, 15) is 4.39 Å². The van der Waals surface area contributed by atoms with Crippen LogP contribution in [-0.4, -0.2) is 27.6 Å². The minimum atomic E-state index is -1.29. The number of aromatic nitrogens is 3. The highest BCUT2D eigenvalue weighted by Gasteiger charge is 2.12. The third kappa shape index (κ3) is 5.33. The van der Waals surface area contributed by atoms with Crippen LogP contribution in [0.1, 0.15) is 44.8 Å². The Morgan fingerprint density at radius 2 is 1.88 bits per heavy atom. The number of anilines is 2. The first-order valence-electron chi connectivity index (χ1n) is 8.11. The van der Waals surface area contributed by atoms with Crippen LogP contribution in [0.4, 0.5) is 16.3 Å².